The number of hydrogen-bond acceptors (Lipinski definition) is 3. The lowest BCUT2D eigenvalue weighted by Crippen LogP contribution is -2.50. The molecule has 0 atom stereocenters. The predicted octanol–water partition coefficient (Wildman–Crippen LogP) is 3.15. The lowest BCUT2D eigenvalue weighted by molar-refractivity contribution is -0.659. The van der Waals surface area contributed by atoms with Crippen molar-refractivity contribution in [2.75, 3.05) is 26.3 Å². The van der Waals surface area contributed by atoms with Crippen molar-refractivity contribution in [1.29, 1.82) is 0 Å². The van der Waals surface area contributed by atoms with Crippen LogP contribution in [0.3, 0.4) is 0 Å². The number of benzene rings is 1. The van der Waals surface area contributed by atoms with Crippen molar-refractivity contribution in [3.63, 3.8) is 0 Å². The van der Waals surface area contributed by atoms with Gasteiger partial charge in [-0.2, -0.15) is 8.42 Å². The van der Waals surface area contributed by atoms with Crippen molar-refractivity contribution in [3.05, 3.63) is 27.7 Å². The Labute approximate surface area is 131 Å². The summed E-state index contributed by atoms with van der Waals surface area (Å²) in [5.74, 6) is 0. The van der Waals surface area contributed by atoms with Crippen LogP contribution >= 0.6 is 39.3 Å². The number of rotatable bonds is 2. The molecule has 8 heteroatoms. The Hall–Kier alpha value is 0.150. The Kier molecular flexibility index (Phi) is 4.50. The van der Waals surface area contributed by atoms with Crippen LogP contribution in [0.25, 0.3) is 0 Å². The van der Waals surface area contributed by atoms with Crippen LogP contribution in [0.15, 0.2) is 17.0 Å². The standard InChI is InChI=1S/C11H13BrCl2NO3S/c1-8-6-10(14)11(7-9(8)13)19(16,17)15(12)2-4-18-5-3-15/h6-7H,2-5H2,1H3/q+1. The third-order valence-electron chi connectivity index (χ3n) is 3.06. The van der Waals surface area contributed by atoms with Crippen LogP contribution < -0.4 is 0 Å². The zero-order valence-corrected chi connectivity index (χ0v) is 14.1. The number of morpholine rings is 1. The van der Waals surface area contributed by atoms with Gasteiger partial charge in [0, 0.05) is 5.02 Å². The molecule has 0 saturated carbocycles. The van der Waals surface area contributed by atoms with Crippen molar-refractivity contribution < 1.29 is 16.1 Å². The van der Waals surface area contributed by atoms with Crippen LogP contribution in [-0.2, 0) is 14.8 Å². The van der Waals surface area contributed by atoms with E-state index in [2.05, 4.69) is 16.1 Å². The van der Waals surface area contributed by atoms with Gasteiger partial charge in [-0.3, -0.25) is 0 Å². The van der Waals surface area contributed by atoms with Crippen molar-refractivity contribution in [2.24, 2.45) is 0 Å². The highest BCUT2D eigenvalue weighted by atomic mass is 79.9. The average Bonchev–Trinajstić information content (AvgIpc) is 2.34. The van der Waals surface area contributed by atoms with Crippen LogP contribution in [0.2, 0.25) is 10.0 Å². The highest BCUT2D eigenvalue weighted by Gasteiger charge is 2.44. The molecule has 1 aliphatic rings. The Balaban J connectivity index is 2.53. The summed E-state index contributed by atoms with van der Waals surface area (Å²) in [5.41, 5.74) is 0.744. The first-order valence-corrected chi connectivity index (χ1v) is 8.54. The maximum atomic E-state index is 12.7. The molecule has 1 heterocycles. The Morgan fingerprint density at radius 2 is 1.79 bits per heavy atom. The molecule has 2 rings (SSSR count). The highest BCUT2D eigenvalue weighted by Crippen LogP contribution is 2.36. The number of aryl methyl sites for hydroxylation is 1. The molecule has 0 amide bonds. The Morgan fingerprint density at radius 1 is 1.21 bits per heavy atom. The third-order valence-corrected chi connectivity index (χ3v) is 7.87. The number of halogens is 3. The van der Waals surface area contributed by atoms with E-state index in [9.17, 15) is 8.42 Å². The summed E-state index contributed by atoms with van der Waals surface area (Å²) in [6, 6.07) is 2.97. The monoisotopic (exact) mass is 388 g/mol. The molecule has 0 N–H and O–H groups in total. The lowest BCUT2D eigenvalue weighted by atomic mass is 10.2. The molecule has 1 aromatic rings. The van der Waals surface area contributed by atoms with Crippen LogP contribution in [0.1, 0.15) is 5.56 Å². The van der Waals surface area contributed by atoms with Crippen LogP contribution in [0.4, 0.5) is 0 Å². The molecule has 4 nitrogen and oxygen atoms in total. The second-order valence-corrected chi connectivity index (χ2v) is 9.09. The fourth-order valence-corrected chi connectivity index (χ4v) is 4.91. The topological polar surface area (TPSA) is 43.4 Å². The zero-order chi connectivity index (χ0) is 14.3. The van der Waals surface area contributed by atoms with Crippen LogP contribution in [-0.4, -0.2) is 37.6 Å². The molecular formula is C11H13BrCl2NO3S+. The van der Waals surface area contributed by atoms with Crippen molar-refractivity contribution in [1.82, 2.24) is 0 Å². The number of nitrogens with zero attached hydrogens (tertiary/aromatic N) is 1. The van der Waals surface area contributed by atoms with Gasteiger partial charge in [0.25, 0.3) is 0 Å². The van der Waals surface area contributed by atoms with Crippen LogP contribution in [0.5, 0.6) is 0 Å². The number of quaternary nitrogens is 1. The van der Waals surface area contributed by atoms with Crippen molar-refractivity contribution in [2.45, 2.75) is 11.8 Å². The SMILES string of the molecule is Cc1cc(Cl)c(S(=O)(=O)[N+]2(Br)CCOCC2)cc1Cl. The van der Waals surface area contributed by atoms with Gasteiger partial charge in [-0.25, -0.2) is 0 Å². The van der Waals surface area contributed by atoms with Crippen molar-refractivity contribution in [3.8, 4) is 0 Å². The predicted molar refractivity (Wildman–Crippen MR) is 78.1 cm³/mol. The summed E-state index contributed by atoms with van der Waals surface area (Å²) in [5, 5.41) is 0.570. The lowest BCUT2D eigenvalue weighted by Gasteiger charge is -2.32. The zero-order valence-electron chi connectivity index (χ0n) is 10.2. The van der Waals surface area contributed by atoms with Gasteiger partial charge >= 0.3 is 10.0 Å². The average molecular weight is 390 g/mol. The highest BCUT2D eigenvalue weighted by molar-refractivity contribution is 9.06. The van der Waals surface area contributed by atoms with Gasteiger partial charge < -0.3 is 4.74 Å². The van der Waals surface area contributed by atoms with E-state index in [1.54, 1.807) is 13.0 Å². The number of hydrogen-bond donors (Lipinski definition) is 0. The van der Waals surface area contributed by atoms with Gasteiger partial charge in [0.15, 0.2) is 0 Å². The molecular weight excluding hydrogens is 377 g/mol. The minimum absolute atomic E-state index is 0.0449. The van der Waals surface area contributed by atoms with E-state index >= 15 is 0 Å². The molecule has 0 spiro atoms. The molecule has 0 bridgehead atoms. The summed E-state index contributed by atoms with van der Waals surface area (Å²) >= 11 is 15.4. The van der Waals surface area contributed by atoms with E-state index in [1.165, 1.54) is 6.07 Å². The first kappa shape index (κ1) is 15.5. The summed E-state index contributed by atoms with van der Waals surface area (Å²) in [6.07, 6.45) is 0. The molecule has 0 aromatic heterocycles. The van der Waals surface area contributed by atoms with E-state index in [-0.39, 0.29) is 12.8 Å². The van der Waals surface area contributed by atoms with E-state index in [4.69, 9.17) is 27.9 Å². The molecule has 0 aliphatic carbocycles. The van der Waals surface area contributed by atoms with Gasteiger partial charge in [0.1, 0.15) is 18.0 Å². The maximum absolute atomic E-state index is 12.7. The van der Waals surface area contributed by atoms with Crippen LogP contribution in [0, 0.1) is 6.92 Å². The largest absolute Gasteiger partial charge is 0.370 e. The second kappa shape index (κ2) is 5.50. The molecule has 0 unspecified atom stereocenters. The van der Waals surface area contributed by atoms with Crippen molar-refractivity contribution >= 4 is 49.4 Å². The smallest absolute Gasteiger partial charge is 0.338 e. The van der Waals surface area contributed by atoms with Gasteiger partial charge in [0.2, 0.25) is 16.1 Å². The summed E-state index contributed by atoms with van der Waals surface area (Å²) < 4.78 is 30.3. The summed E-state index contributed by atoms with van der Waals surface area (Å²) in [4.78, 5) is 0.0449. The summed E-state index contributed by atoms with van der Waals surface area (Å²) in [7, 11) is -3.67. The minimum Gasteiger partial charge on any atom is -0.370 e. The number of ether oxygens (including phenoxy) is 1. The van der Waals surface area contributed by atoms with Gasteiger partial charge in [-0.05, 0) is 24.6 Å². The van der Waals surface area contributed by atoms with Gasteiger partial charge in [-0.1, -0.05) is 23.2 Å². The Morgan fingerprint density at radius 3 is 2.37 bits per heavy atom. The fourth-order valence-electron chi connectivity index (χ4n) is 1.86. The first-order chi connectivity index (χ1) is 8.78. The minimum atomic E-state index is -3.67. The van der Waals surface area contributed by atoms with E-state index in [0.29, 0.717) is 31.3 Å². The normalized spacial score (nSPS) is 19.4. The number of sulfonamides is 1. The molecule has 1 saturated heterocycles. The van der Waals surface area contributed by atoms with E-state index in [1.807, 2.05) is 0 Å². The van der Waals surface area contributed by atoms with Gasteiger partial charge in [-0.15, -0.1) is 2.91 Å². The van der Waals surface area contributed by atoms with Gasteiger partial charge in [0.05, 0.1) is 18.2 Å². The Bertz CT molecular complexity index is 600. The second-order valence-electron chi connectivity index (χ2n) is 4.36. The first-order valence-electron chi connectivity index (χ1n) is 5.63. The molecule has 106 valence electrons. The van der Waals surface area contributed by atoms with E-state index in [0.717, 1.165) is 5.56 Å². The quantitative estimate of drug-likeness (QED) is 0.729. The molecule has 1 aromatic carbocycles. The van der Waals surface area contributed by atoms with E-state index < -0.39 is 10.0 Å². The molecule has 1 aliphatic heterocycles. The fraction of sp³-hybridized carbons (Fsp3) is 0.455. The molecule has 0 radical (unpaired) electrons. The third kappa shape index (κ3) is 2.80. The summed E-state index contributed by atoms with van der Waals surface area (Å²) in [6.45, 7) is 3.18. The molecule has 19 heavy (non-hydrogen) atoms. The maximum Gasteiger partial charge on any atom is 0.338 e. The molecule has 1 fully saturated rings.